The van der Waals surface area contributed by atoms with Crippen molar-refractivity contribution in [3.63, 3.8) is 0 Å². The fraction of sp³-hybridized carbons (Fsp3) is 0.444. The molecule has 0 radical (unpaired) electrons. The molecule has 0 bridgehead atoms. The van der Waals surface area contributed by atoms with E-state index in [0.29, 0.717) is 6.61 Å². The van der Waals surface area contributed by atoms with Gasteiger partial charge < -0.3 is 9.84 Å². The van der Waals surface area contributed by atoms with Crippen LogP contribution in [-0.2, 0) is 4.74 Å². The lowest BCUT2D eigenvalue weighted by Crippen LogP contribution is -2.06. The Hall–Kier alpha value is -0.930. The first-order valence-electron chi connectivity index (χ1n) is 3.83. The van der Waals surface area contributed by atoms with Gasteiger partial charge in [-0.2, -0.15) is 0 Å². The smallest absolute Gasteiger partial charge is 0.104 e. The van der Waals surface area contributed by atoms with E-state index in [4.69, 9.17) is 4.74 Å². The molecule has 0 aliphatic heterocycles. The molecule has 1 rings (SSSR count). The average Bonchev–Trinajstić information content (AvgIpc) is 2.05. The number of nitrogens with zero attached hydrogens (tertiary/aromatic N) is 1. The number of aryl methyl sites for hydroxylation is 1. The van der Waals surface area contributed by atoms with E-state index in [-0.39, 0.29) is 0 Å². The molecule has 0 aliphatic rings. The number of pyridine rings is 1. The number of hydrogen-bond donors (Lipinski definition) is 1. The summed E-state index contributed by atoms with van der Waals surface area (Å²) in [6, 6.07) is 1.87. The van der Waals surface area contributed by atoms with Crippen molar-refractivity contribution in [1.29, 1.82) is 0 Å². The van der Waals surface area contributed by atoms with Gasteiger partial charge in [0, 0.05) is 25.1 Å². The second kappa shape index (κ2) is 4.18. The van der Waals surface area contributed by atoms with Crippen molar-refractivity contribution >= 4 is 0 Å². The summed E-state index contributed by atoms with van der Waals surface area (Å²) in [7, 11) is 1.56. The van der Waals surface area contributed by atoms with Gasteiger partial charge in [0.15, 0.2) is 0 Å². The maximum absolute atomic E-state index is 9.54. The lowest BCUT2D eigenvalue weighted by molar-refractivity contribution is 0.0638. The first kappa shape index (κ1) is 9.16. The van der Waals surface area contributed by atoms with Crippen LogP contribution in [0.5, 0.6) is 0 Å². The van der Waals surface area contributed by atoms with Crippen LogP contribution in [-0.4, -0.2) is 23.8 Å². The third-order valence-corrected chi connectivity index (χ3v) is 1.76. The molecule has 66 valence electrons. The number of aliphatic hydroxyl groups excluding tert-OH is 1. The van der Waals surface area contributed by atoms with Gasteiger partial charge in [-0.15, -0.1) is 0 Å². The minimum atomic E-state index is -0.566. The second-order valence-corrected chi connectivity index (χ2v) is 2.70. The van der Waals surface area contributed by atoms with Gasteiger partial charge in [0.05, 0.1) is 6.61 Å². The monoisotopic (exact) mass is 167 g/mol. The Kier molecular flexibility index (Phi) is 3.19. The third kappa shape index (κ3) is 2.03. The van der Waals surface area contributed by atoms with Crippen LogP contribution in [0.3, 0.4) is 0 Å². The SMILES string of the molecule is COCC(O)c1cnccc1C. The molecule has 3 heteroatoms. The Balaban J connectivity index is 2.79. The topological polar surface area (TPSA) is 42.4 Å². The van der Waals surface area contributed by atoms with E-state index in [2.05, 4.69) is 4.98 Å². The third-order valence-electron chi connectivity index (χ3n) is 1.76. The highest BCUT2D eigenvalue weighted by atomic mass is 16.5. The van der Waals surface area contributed by atoms with E-state index >= 15 is 0 Å². The molecular weight excluding hydrogens is 154 g/mol. The van der Waals surface area contributed by atoms with Crippen molar-refractivity contribution in [2.75, 3.05) is 13.7 Å². The predicted molar refractivity (Wildman–Crippen MR) is 45.8 cm³/mol. The van der Waals surface area contributed by atoms with Crippen molar-refractivity contribution in [1.82, 2.24) is 4.98 Å². The summed E-state index contributed by atoms with van der Waals surface area (Å²) < 4.78 is 4.84. The molecule has 0 saturated carbocycles. The minimum Gasteiger partial charge on any atom is -0.386 e. The van der Waals surface area contributed by atoms with Crippen LogP contribution in [0.25, 0.3) is 0 Å². The van der Waals surface area contributed by atoms with Crippen molar-refractivity contribution in [3.8, 4) is 0 Å². The predicted octanol–water partition coefficient (Wildman–Crippen LogP) is 1.07. The van der Waals surface area contributed by atoms with Gasteiger partial charge >= 0.3 is 0 Å². The molecule has 1 N–H and O–H groups in total. The summed E-state index contributed by atoms with van der Waals surface area (Å²) in [5, 5.41) is 9.54. The Morgan fingerprint density at radius 1 is 1.67 bits per heavy atom. The molecule has 0 saturated heterocycles. The fourth-order valence-electron chi connectivity index (χ4n) is 1.07. The normalized spacial score (nSPS) is 12.9. The number of hydrogen-bond acceptors (Lipinski definition) is 3. The Labute approximate surface area is 72.0 Å². The van der Waals surface area contributed by atoms with Crippen molar-refractivity contribution in [2.45, 2.75) is 13.0 Å². The maximum Gasteiger partial charge on any atom is 0.104 e. The molecule has 1 unspecified atom stereocenters. The zero-order valence-electron chi connectivity index (χ0n) is 7.32. The highest BCUT2D eigenvalue weighted by Crippen LogP contribution is 2.15. The Morgan fingerprint density at radius 2 is 2.42 bits per heavy atom. The zero-order valence-corrected chi connectivity index (χ0v) is 7.32. The molecule has 3 nitrogen and oxygen atoms in total. The van der Waals surface area contributed by atoms with Gasteiger partial charge in [-0.1, -0.05) is 0 Å². The molecule has 0 spiro atoms. The number of rotatable bonds is 3. The summed E-state index contributed by atoms with van der Waals surface area (Å²) in [4.78, 5) is 3.93. The van der Waals surface area contributed by atoms with Gasteiger partial charge in [0.25, 0.3) is 0 Å². The standard InChI is InChI=1S/C9H13NO2/c1-7-3-4-10-5-8(7)9(11)6-12-2/h3-5,9,11H,6H2,1-2H3. The van der Waals surface area contributed by atoms with Crippen LogP contribution in [0.15, 0.2) is 18.5 Å². The van der Waals surface area contributed by atoms with Crippen molar-refractivity contribution < 1.29 is 9.84 Å². The summed E-state index contributed by atoms with van der Waals surface area (Å²) >= 11 is 0. The molecule has 0 fully saturated rings. The molecule has 12 heavy (non-hydrogen) atoms. The quantitative estimate of drug-likeness (QED) is 0.732. The number of aromatic nitrogens is 1. The van der Waals surface area contributed by atoms with E-state index < -0.39 is 6.10 Å². The summed E-state index contributed by atoms with van der Waals surface area (Å²) in [5.74, 6) is 0. The van der Waals surface area contributed by atoms with Gasteiger partial charge in [-0.25, -0.2) is 0 Å². The highest BCUT2D eigenvalue weighted by Gasteiger charge is 2.08. The maximum atomic E-state index is 9.54. The molecule has 1 aromatic rings. The van der Waals surface area contributed by atoms with Gasteiger partial charge in [0.2, 0.25) is 0 Å². The lowest BCUT2D eigenvalue weighted by atomic mass is 10.1. The van der Waals surface area contributed by atoms with E-state index in [0.717, 1.165) is 11.1 Å². The lowest BCUT2D eigenvalue weighted by Gasteiger charge is -2.11. The number of methoxy groups -OCH3 is 1. The van der Waals surface area contributed by atoms with Gasteiger partial charge in [-0.3, -0.25) is 4.98 Å². The summed E-state index contributed by atoms with van der Waals surface area (Å²) in [5.41, 5.74) is 1.87. The highest BCUT2D eigenvalue weighted by molar-refractivity contribution is 5.23. The van der Waals surface area contributed by atoms with Crippen LogP contribution < -0.4 is 0 Å². The molecule has 0 aromatic carbocycles. The van der Waals surface area contributed by atoms with Crippen LogP contribution in [0.2, 0.25) is 0 Å². The molecule has 0 amide bonds. The van der Waals surface area contributed by atoms with E-state index in [1.165, 1.54) is 0 Å². The largest absolute Gasteiger partial charge is 0.386 e. The van der Waals surface area contributed by atoms with Crippen LogP contribution >= 0.6 is 0 Å². The minimum absolute atomic E-state index is 0.312. The molecule has 0 aliphatic carbocycles. The molecular formula is C9H13NO2. The zero-order chi connectivity index (χ0) is 8.97. The van der Waals surface area contributed by atoms with Gasteiger partial charge in [0.1, 0.15) is 6.10 Å². The molecule has 1 aromatic heterocycles. The summed E-state index contributed by atoms with van der Waals surface area (Å²) in [6.07, 6.45) is 2.81. The van der Waals surface area contributed by atoms with E-state index in [9.17, 15) is 5.11 Å². The first-order valence-corrected chi connectivity index (χ1v) is 3.83. The summed E-state index contributed by atoms with van der Waals surface area (Å²) in [6.45, 7) is 2.25. The van der Waals surface area contributed by atoms with Crippen LogP contribution in [0.4, 0.5) is 0 Å². The fourth-order valence-corrected chi connectivity index (χ4v) is 1.07. The van der Waals surface area contributed by atoms with E-state index in [1.807, 2.05) is 13.0 Å². The Bertz CT molecular complexity index is 250. The van der Waals surface area contributed by atoms with Crippen molar-refractivity contribution in [3.05, 3.63) is 29.6 Å². The number of ether oxygens (including phenoxy) is 1. The van der Waals surface area contributed by atoms with Crippen molar-refractivity contribution in [2.24, 2.45) is 0 Å². The molecule has 1 atom stereocenters. The number of aliphatic hydroxyl groups is 1. The van der Waals surface area contributed by atoms with Gasteiger partial charge in [-0.05, 0) is 18.6 Å². The van der Waals surface area contributed by atoms with E-state index in [1.54, 1.807) is 19.5 Å². The first-order chi connectivity index (χ1) is 5.75. The average molecular weight is 167 g/mol. The molecule has 1 heterocycles. The van der Waals surface area contributed by atoms with Crippen LogP contribution in [0.1, 0.15) is 17.2 Å². The second-order valence-electron chi connectivity index (χ2n) is 2.70. The van der Waals surface area contributed by atoms with Crippen LogP contribution in [0, 0.1) is 6.92 Å². The Morgan fingerprint density at radius 3 is 3.00 bits per heavy atom.